The molecular formula is C7H13FO2. The van der Waals surface area contributed by atoms with Gasteiger partial charge < -0.3 is 9.84 Å². The Morgan fingerprint density at radius 3 is 2.40 bits per heavy atom. The van der Waals surface area contributed by atoms with Crippen LogP contribution in [0.4, 0.5) is 4.39 Å². The lowest BCUT2D eigenvalue weighted by Gasteiger charge is -2.10. The van der Waals surface area contributed by atoms with Crippen molar-refractivity contribution in [3.63, 3.8) is 0 Å². The van der Waals surface area contributed by atoms with Gasteiger partial charge in [0.25, 0.3) is 0 Å². The van der Waals surface area contributed by atoms with Crippen molar-refractivity contribution in [2.45, 2.75) is 38.8 Å². The van der Waals surface area contributed by atoms with E-state index in [1.807, 2.05) is 6.92 Å². The van der Waals surface area contributed by atoms with Gasteiger partial charge in [-0.1, -0.05) is 13.8 Å². The lowest BCUT2D eigenvalue weighted by atomic mass is 10.0. The predicted molar refractivity (Wildman–Crippen MR) is 35.2 cm³/mol. The first-order valence-electron chi connectivity index (χ1n) is 3.64. The maximum atomic E-state index is 12.8. The highest BCUT2D eigenvalue weighted by Crippen LogP contribution is 2.29. The van der Waals surface area contributed by atoms with Crippen LogP contribution in [0.15, 0.2) is 0 Å². The fraction of sp³-hybridized carbons (Fsp3) is 1.00. The Hall–Kier alpha value is -0.150. The summed E-state index contributed by atoms with van der Waals surface area (Å²) in [5.41, 5.74) is 0. The Bertz CT molecular complexity index is 118. The van der Waals surface area contributed by atoms with E-state index in [-0.39, 0.29) is 12.0 Å². The minimum Gasteiger partial charge on any atom is -0.366 e. The maximum absolute atomic E-state index is 12.8. The zero-order valence-corrected chi connectivity index (χ0v) is 6.25. The number of aliphatic hydroxyl groups is 1. The Labute approximate surface area is 60.0 Å². The van der Waals surface area contributed by atoms with Crippen LogP contribution < -0.4 is 0 Å². The van der Waals surface area contributed by atoms with E-state index < -0.39 is 12.5 Å². The van der Waals surface area contributed by atoms with Crippen LogP contribution in [0.2, 0.25) is 0 Å². The highest BCUT2D eigenvalue weighted by Gasteiger charge is 2.39. The monoisotopic (exact) mass is 148 g/mol. The van der Waals surface area contributed by atoms with Crippen LogP contribution in [0.5, 0.6) is 0 Å². The standard InChI is InChI=1S/C7H13FO2/c1-3-5-4(2)6(8)7(9)10-5/h4-7,9H,3H2,1-2H3/t4-,5+,6?,7?/m0/s1. The first-order valence-corrected chi connectivity index (χ1v) is 3.64. The Balaban J connectivity index is 2.53. The molecule has 2 nitrogen and oxygen atoms in total. The molecule has 0 aliphatic carbocycles. The van der Waals surface area contributed by atoms with Gasteiger partial charge in [-0.2, -0.15) is 0 Å². The lowest BCUT2D eigenvalue weighted by Crippen LogP contribution is -2.20. The van der Waals surface area contributed by atoms with E-state index in [2.05, 4.69) is 0 Å². The SMILES string of the molecule is CC[C@H]1OC(O)C(F)[C@H]1C. The third-order valence-electron chi connectivity index (χ3n) is 2.08. The van der Waals surface area contributed by atoms with Crippen molar-refractivity contribution in [1.29, 1.82) is 0 Å². The molecule has 0 bridgehead atoms. The molecular weight excluding hydrogens is 135 g/mol. The molecule has 1 aliphatic rings. The summed E-state index contributed by atoms with van der Waals surface area (Å²) in [5, 5.41) is 8.87. The van der Waals surface area contributed by atoms with Crippen molar-refractivity contribution >= 4 is 0 Å². The zero-order valence-electron chi connectivity index (χ0n) is 6.25. The number of hydrogen-bond donors (Lipinski definition) is 1. The maximum Gasteiger partial charge on any atom is 0.186 e. The van der Waals surface area contributed by atoms with Gasteiger partial charge in [0.2, 0.25) is 0 Å². The van der Waals surface area contributed by atoms with Gasteiger partial charge in [0.15, 0.2) is 12.5 Å². The van der Waals surface area contributed by atoms with Gasteiger partial charge in [0.05, 0.1) is 6.10 Å². The number of rotatable bonds is 1. The molecule has 0 saturated carbocycles. The molecule has 60 valence electrons. The van der Waals surface area contributed by atoms with E-state index >= 15 is 0 Å². The lowest BCUT2D eigenvalue weighted by molar-refractivity contribution is -0.112. The van der Waals surface area contributed by atoms with Crippen molar-refractivity contribution in [3.8, 4) is 0 Å². The molecule has 0 aromatic heterocycles. The molecule has 1 rings (SSSR count). The third kappa shape index (κ3) is 1.16. The molecule has 1 fully saturated rings. The average Bonchev–Trinajstić information content (AvgIpc) is 2.17. The van der Waals surface area contributed by atoms with E-state index in [4.69, 9.17) is 9.84 Å². The van der Waals surface area contributed by atoms with Crippen LogP contribution in [0.3, 0.4) is 0 Å². The number of halogens is 1. The molecule has 2 unspecified atom stereocenters. The fourth-order valence-electron chi connectivity index (χ4n) is 1.31. The summed E-state index contributed by atoms with van der Waals surface area (Å²) in [5.74, 6) is -0.167. The van der Waals surface area contributed by atoms with Gasteiger partial charge in [0.1, 0.15) is 0 Å². The third-order valence-corrected chi connectivity index (χ3v) is 2.08. The number of hydrogen-bond acceptors (Lipinski definition) is 2. The second-order valence-corrected chi connectivity index (χ2v) is 2.78. The smallest absolute Gasteiger partial charge is 0.186 e. The predicted octanol–water partition coefficient (Wildman–Crippen LogP) is 1.09. The molecule has 3 heteroatoms. The Morgan fingerprint density at radius 2 is 2.20 bits per heavy atom. The molecule has 0 spiro atoms. The number of alkyl halides is 1. The van der Waals surface area contributed by atoms with Gasteiger partial charge in [-0.15, -0.1) is 0 Å². The summed E-state index contributed by atoms with van der Waals surface area (Å²) in [6, 6.07) is 0. The van der Waals surface area contributed by atoms with E-state index in [1.165, 1.54) is 0 Å². The normalized spacial score (nSPS) is 48.0. The summed E-state index contributed by atoms with van der Waals surface area (Å²) in [4.78, 5) is 0. The quantitative estimate of drug-likeness (QED) is 0.603. The van der Waals surface area contributed by atoms with Crippen LogP contribution >= 0.6 is 0 Å². The van der Waals surface area contributed by atoms with E-state index in [1.54, 1.807) is 6.92 Å². The van der Waals surface area contributed by atoms with Crippen LogP contribution in [0.1, 0.15) is 20.3 Å². The molecule has 10 heavy (non-hydrogen) atoms. The van der Waals surface area contributed by atoms with Gasteiger partial charge in [-0.05, 0) is 6.42 Å². The molecule has 1 aliphatic heterocycles. The second-order valence-electron chi connectivity index (χ2n) is 2.78. The van der Waals surface area contributed by atoms with E-state index in [9.17, 15) is 4.39 Å². The van der Waals surface area contributed by atoms with E-state index in [0.717, 1.165) is 6.42 Å². The number of ether oxygens (including phenoxy) is 1. The highest BCUT2D eigenvalue weighted by atomic mass is 19.1. The van der Waals surface area contributed by atoms with Crippen LogP contribution in [-0.2, 0) is 4.74 Å². The summed E-state index contributed by atoms with van der Waals surface area (Å²) in [6.45, 7) is 3.68. The minimum atomic E-state index is -1.20. The van der Waals surface area contributed by atoms with Gasteiger partial charge in [0, 0.05) is 5.92 Å². The fourth-order valence-corrected chi connectivity index (χ4v) is 1.31. The first kappa shape index (κ1) is 7.95. The van der Waals surface area contributed by atoms with Crippen LogP contribution in [0, 0.1) is 5.92 Å². The van der Waals surface area contributed by atoms with Crippen molar-refractivity contribution in [2.24, 2.45) is 5.92 Å². The van der Waals surface area contributed by atoms with Crippen LogP contribution in [0.25, 0.3) is 0 Å². The average molecular weight is 148 g/mol. The summed E-state index contributed by atoms with van der Waals surface area (Å²) in [6.07, 6.45) is -1.74. The Kier molecular flexibility index (Phi) is 2.26. The van der Waals surface area contributed by atoms with Crippen molar-refractivity contribution in [2.75, 3.05) is 0 Å². The number of aliphatic hydroxyl groups excluding tert-OH is 1. The molecule has 0 aromatic rings. The van der Waals surface area contributed by atoms with Gasteiger partial charge >= 0.3 is 0 Å². The highest BCUT2D eigenvalue weighted by molar-refractivity contribution is 4.82. The van der Waals surface area contributed by atoms with E-state index in [0.29, 0.717) is 0 Å². The molecule has 4 atom stereocenters. The van der Waals surface area contributed by atoms with Crippen molar-refractivity contribution in [1.82, 2.24) is 0 Å². The molecule has 1 saturated heterocycles. The zero-order chi connectivity index (χ0) is 7.72. The van der Waals surface area contributed by atoms with Gasteiger partial charge in [-0.3, -0.25) is 0 Å². The second kappa shape index (κ2) is 2.84. The Morgan fingerprint density at radius 1 is 1.60 bits per heavy atom. The topological polar surface area (TPSA) is 29.5 Å². The van der Waals surface area contributed by atoms with Gasteiger partial charge in [-0.25, -0.2) is 4.39 Å². The molecule has 1 heterocycles. The van der Waals surface area contributed by atoms with Crippen molar-refractivity contribution in [3.05, 3.63) is 0 Å². The minimum absolute atomic E-state index is 0.106. The largest absolute Gasteiger partial charge is 0.366 e. The summed E-state index contributed by atoms with van der Waals surface area (Å²) >= 11 is 0. The summed E-state index contributed by atoms with van der Waals surface area (Å²) < 4.78 is 17.7. The molecule has 0 amide bonds. The van der Waals surface area contributed by atoms with Crippen LogP contribution in [-0.4, -0.2) is 23.7 Å². The first-order chi connectivity index (χ1) is 4.66. The molecule has 1 N–H and O–H groups in total. The molecule has 0 aromatic carbocycles. The molecule has 0 radical (unpaired) electrons. The summed E-state index contributed by atoms with van der Waals surface area (Å²) in [7, 11) is 0. The van der Waals surface area contributed by atoms with Crippen molar-refractivity contribution < 1.29 is 14.2 Å².